The monoisotopic (exact) mass is 309 g/mol. The van der Waals surface area contributed by atoms with Crippen LogP contribution >= 0.6 is 12.4 Å². The van der Waals surface area contributed by atoms with Gasteiger partial charge in [0.1, 0.15) is 0 Å². The predicted octanol–water partition coefficient (Wildman–Crippen LogP) is 1.37. The van der Waals surface area contributed by atoms with E-state index in [2.05, 4.69) is 15.5 Å². The average molecular weight is 310 g/mol. The van der Waals surface area contributed by atoms with E-state index in [1.54, 1.807) is 17.3 Å². The zero-order valence-corrected chi connectivity index (χ0v) is 13.0. The lowest BCUT2D eigenvalue weighted by atomic mass is 10.1. The Labute approximate surface area is 130 Å². The molecule has 6 nitrogen and oxygen atoms in total. The van der Waals surface area contributed by atoms with Crippen LogP contribution in [0.4, 0.5) is 0 Å². The predicted molar refractivity (Wildman–Crippen MR) is 84.1 cm³/mol. The van der Waals surface area contributed by atoms with Crippen LogP contribution in [0.1, 0.15) is 17.3 Å². The summed E-state index contributed by atoms with van der Waals surface area (Å²) in [5.74, 6) is -0.00403. The van der Waals surface area contributed by atoms with Gasteiger partial charge in [0.15, 0.2) is 0 Å². The third-order valence-corrected chi connectivity index (χ3v) is 3.07. The molecule has 1 N–H and O–H groups in total. The molecule has 0 aliphatic rings. The van der Waals surface area contributed by atoms with Crippen molar-refractivity contribution < 1.29 is 4.79 Å². The second-order valence-corrected chi connectivity index (χ2v) is 4.32. The molecule has 1 heterocycles. The Morgan fingerprint density at radius 1 is 1.29 bits per heavy atom. The van der Waals surface area contributed by atoms with Crippen molar-refractivity contribution in [2.45, 2.75) is 6.92 Å². The molecule has 2 aromatic rings. The van der Waals surface area contributed by atoms with Crippen molar-refractivity contribution in [1.29, 1.82) is 0 Å². The Morgan fingerprint density at radius 2 is 1.95 bits per heavy atom. The summed E-state index contributed by atoms with van der Waals surface area (Å²) >= 11 is 0. The Hall–Kier alpha value is -1.92. The first kappa shape index (κ1) is 17.1. The van der Waals surface area contributed by atoms with Crippen molar-refractivity contribution in [3.8, 4) is 5.69 Å². The number of rotatable bonds is 6. The fourth-order valence-corrected chi connectivity index (χ4v) is 1.99. The van der Waals surface area contributed by atoms with Gasteiger partial charge in [0.25, 0.3) is 5.91 Å². The van der Waals surface area contributed by atoms with Crippen molar-refractivity contribution in [2.24, 2.45) is 0 Å². The quantitative estimate of drug-likeness (QED) is 0.875. The summed E-state index contributed by atoms with van der Waals surface area (Å²) < 4.78 is 0. The Kier molecular flexibility index (Phi) is 6.84. The van der Waals surface area contributed by atoms with Crippen LogP contribution in [0.3, 0.4) is 0 Å². The molecule has 1 aromatic heterocycles. The molecule has 0 unspecified atom stereocenters. The molecular formula is C14H20ClN5O. The molecule has 0 bridgehead atoms. The van der Waals surface area contributed by atoms with Crippen molar-refractivity contribution in [1.82, 2.24) is 25.2 Å². The van der Waals surface area contributed by atoms with Gasteiger partial charge in [0.05, 0.1) is 23.6 Å². The fraction of sp³-hybridized carbons (Fsp3) is 0.357. The number of carbonyl (C=O) groups excluding carboxylic acids is 1. The van der Waals surface area contributed by atoms with E-state index in [0.717, 1.165) is 6.54 Å². The van der Waals surface area contributed by atoms with E-state index in [1.807, 2.05) is 38.2 Å². The first-order chi connectivity index (χ1) is 9.77. The average Bonchev–Trinajstić information content (AvgIpc) is 3.02. The Morgan fingerprint density at radius 3 is 2.57 bits per heavy atom. The molecule has 0 fully saturated rings. The van der Waals surface area contributed by atoms with Crippen LogP contribution in [0.15, 0.2) is 36.7 Å². The topological polar surface area (TPSA) is 63.1 Å². The van der Waals surface area contributed by atoms with E-state index >= 15 is 0 Å². The van der Waals surface area contributed by atoms with E-state index in [1.165, 1.54) is 4.80 Å². The summed E-state index contributed by atoms with van der Waals surface area (Å²) in [6, 6.07) is 7.38. The summed E-state index contributed by atoms with van der Waals surface area (Å²) in [5.41, 5.74) is 1.31. The van der Waals surface area contributed by atoms with Gasteiger partial charge in [-0.2, -0.15) is 15.0 Å². The highest BCUT2D eigenvalue weighted by Crippen LogP contribution is 2.14. The number of amides is 1. The van der Waals surface area contributed by atoms with Crippen LogP contribution in [-0.2, 0) is 0 Å². The number of halogens is 1. The summed E-state index contributed by atoms with van der Waals surface area (Å²) in [6.07, 6.45) is 3.19. The number of aromatic nitrogens is 3. The van der Waals surface area contributed by atoms with E-state index in [9.17, 15) is 4.79 Å². The minimum Gasteiger partial charge on any atom is -0.338 e. The molecule has 1 aromatic carbocycles. The van der Waals surface area contributed by atoms with Gasteiger partial charge in [-0.25, -0.2) is 0 Å². The van der Waals surface area contributed by atoms with Gasteiger partial charge >= 0.3 is 0 Å². The molecule has 0 aliphatic heterocycles. The first-order valence-electron chi connectivity index (χ1n) is 6.67. The number of nitrogens with zero attached hydrogens (tertiary/aromatic N) is 4. The minimum absolute atomic E-state index is 0. The lowest BCUT2D eigenvalue weighted by Gasteiger charge is -2.21. The number of likely N-dealkylation sites (N-methyl/N-ethyl adjacent to an activating group) is 2. The van der Waals surface area contributed by atoms with Gasteiger partial charge in [-0.05, 0) is 26.1 Å². The minimum atomic E-state index is -0.00403. The normalized spacial score (nSPS) is 10.0. The van der Waals surface area contributed by atoms with Gasteiger partial charge in [-0.3, -0.25) is 4.79 Å². The molecule has 1 amide bonds. The molecule has 0 radical (unpaired) electrons. The zero-order chi connectivity index (χ0) is 14.4. The number of hydrogen-bond donors (Lipinski definition) is 1. The van der Waals surface area contributed by atoms with Gasteiger partial charge in [-0.1, -0.05) is 12.1 Å². The third-order valence-electron chi connectivity index (χ3n) is 3.07. The molecule has 114 valence electrons. The standard InChI is InChI=1S/C14H19N5O.ClH/c1-3-18(11-10-15-2)14(20)12-6-4-5-7-13(12)19-16-8-9-17-19;/h4-9,15H,3,10-11H2,1-2H3;1H. The maximum Gasteiger partial charge on any atom is 0.256 e. The molecule has 0 spiro atoms. The van der Waals surface area contributed by atoms with Gasteiger partial charge in [0, 0.05) is 19.6 Å². The van der Waals surface area contributed by atoms with Crippen LogP contribution in [0.25, 0.3) is 5.69 Å². The molecule has 0 saturated heterocycles. The highest BCUT2D eigenvalue weighted by atomic mass is 35.5. The largest absolute Gasteiger partial charge is 0.338 e. The number of benzene rings is 1. The number of para-hydroxylation sites is 1. The van der Waals surface area contributed by atoms with Gasteiger partial charge < -0.3 is 10.2 Å². The molecule has 0 saturated carbocycles. The first-order valence-corrected chi connectivity index (χ1v) is 6.67. The van der Waals surface area contributed by atoms with Gasteiger partial charge in [-0.15, -0.1) is 12.4 Å². The Balaban J connectivity index is 0.00000220. The van der Waals surface area contributed by atoms with Crippen LogP contribution in [0.5, 0.6) is 0 Å². The fourth-order valence-electron chi connectivity index (χ4n) is 1.99. The smallest absolute Gasteiger partial charge is 0.256 e. The van der Waals surface area contributed by atoms with E-state index < -0.39 is 0 Å². The summed E-state index contributed by atoms with van der Waals surface area (Å²) in [7, 11) is 1.87. The molecular weight excluding hydrogens is 290 g/mol. The molecule has 21 heavy (non-hydrogen) atoms. The van der Waals surface area contributed by atoms with E-state index in [0.29, 0.717) is 24.3 Å². The summed E-state index contributed by atoms with van der Waals surface area (Å²) in [4.78, 5) is 15.9. The lowest BCUT2D eigenvalue weighted by molar-refractivity contribution is 0.0766. The second kappa shape index (κ2) is 8.39. The number of hydrogen-bond acceptors (Lipinski definition) is 4. The zero-order valence-electron chi connectivity index (χ0n) is 12.2. The molecule has 0 atom stereocenters. The van der Waals surface area contributed by atoms with Crippen LogP contribution in [0, 0.1) is 0 Å². The Bertz CT molecular complexity index is 558. The number of carbonyl (C=O) groups is 1. The highest BCUT2D eigenvalue weighted by Gasteiger charge is 2.18. The van der Waals surface area contributed by atoms with Crippen LogP contribution in [0.2, 0.25) is 0 Å². The van der Waals surface area contributed by atoms with Crippen molar-refractivity contribution in [2.75, 3.05) is 26.7 Å². The van der Waals surface area contributed by atoms with Gasteiger partial charge in [0.2, 0.25) is 0 Å². The van der Waals surface area contributed by atoms with Crippen LogP contribution in [-0.4, -0.2) is 52.5 Å². The number of nitrogens with one attached hydrogen (secondary N) is 1. The summed E-state index contributed by atoms with van der Waals surface area (Å²) in [5, 5.41) is 11.3. The molecule has 0 aliphatic carbocycles. The summed E-state index contributed by atoms with van der Waals surface area (Å²) in [6.45, 7) is 4.08. The van der Waals surface area contributed by atoms with E-state index in [-0.39, 0.29) is 18.3 Å². The lowest BCUT2D eigenvalue weighted by Crippen LogP contribution is -2.36. The van der Waals surface area contributed by atoms with Crippen LogP contribution < -0.4 is 5.32 Å². The third kappa shape index (κ3) is 4.03. The molecule has 2 rings (SSSR count). The van der Waals surface area contributed by atoms with E-state index in [4.69, 9.17) is 0 Å². The maximum absolute atomic E-state index is 12.6. The second-order valence-electron chi connectivity index (χ2n) is 4.32. The van der Waals surface area contributed by atoms with Crippen molar-refractivity contribution >= 4 is 18.3 Å². The highest BCUT2D eigenvalue weighted by molar-refractivity contribution is 5.97. The van der Waals surface area contributed by atoms with Crippen molar-refractivity contribution in [3.05, 3.63) is 42.2 Å². The SMILES string of the molecule is CCN(CCNC)C(=O)c1ccccc1-n1nccn1.Cl. The molecule has 7 heteroatoms. The maximum atomic E-state index is 12.6. The van der Waals surface area contributed by atoms with Crippen molar-refractivity contribution in [3.63, 3.8) is 0 Å².